The highest BCUT2D eigenvalue weighted by molar-refractivity contribution is 5.85. The number of hydrogen-bond donors (Lipinski definition) is 1. The number of benzene rings is 1. The largest absolute Gasteiger partial charge is 0.368 e. The minimum atomic E-state index is -0.445. The minimum absolute atomic E-state index is 0.00408. The van der Waals surface area contributed by atoms with Gasteiger partial charge in [0, 0.05) is 18.6 Å². The van der Waals surface area contributed by atoms with Crippen LogP contribution in [0, 0.1) is 5.41 Å². The van der Waals surface area contributed by atoms with E-state index in [0.29, 0.717) is 6.54 Å². The van der Waals surface area contributed by atoms with Gasteiger partial charge in [-0.3, -0.25) is 9.69 Å². The molecule has 0 atom stereocenters. The van der Waals surface area contributed by atoms with Crippen molar-refractivity contribution in [3.8, 4) is 0 Å². The van der Waals surface area contributed by atoms with E-state index in [0.717, 1.165) is 38.6 Å². The van der Waals surface area contributed by atoms with E-state index in [2.05, 4.69) is 75.0 Å². The first-order valence-electron chi connectivity index (χ1n) is 11.1. The van der Waals surface area contributed by atoms with Crippen LogP contribution < -0.4 is 5.73 Å². The molecule has 0 radical (unpaired) electrons. The molecule has 1 aromatic rings. The predicted octanol–water partition coefficient (Wildman–Crippen LogP) is 3.42. The maximum atomic E-state index is 13.2. The molecule has 1 saturated carbocycles. The molecule has 30 heavy (non-hydrogen) atoms. The summed E-state index contributed by atoms with van der Waals surface area (Å²) in [6.07, 6.45) is 4.74. The van der Waals surface area contributed by atoms with E-state index in [9.17, 15) is 9.59 Å². The standard InChI is InChI=1S/C24H38N4O2/c1-22(2,3)15-16-28-21(30)27(17-20(25)29)18-23(28)11-13-24(14-12-23,26(4)5)19-9-7-6-8-10-19/h6-10H,11-18H2,1-5H3,(H2,25,29). The Hall–Kier alpha value is -2.08. The Labute approximate surface area is 181 Å². The van der Waals surface area contributed by atoms with Gasteiger partial charge in [0.25, 0.3) is 0 Å². The molecule has 2 fully saturated rings. The van der Waals surface area contributed by atoms with E-state index in [-0.39, 0.29) is 29.1 Å². The number of nitrogens with zero attached hydrogens (tertiary/aromatic N) is 3. The third-order valence-electron chi connectivity index (χ3n) is 7.17. The highest BCUT2D eigenvalue weighted by Crippen LogP contribution is 2.49. The molecule has 1 aliphatic carbocycles. The molecule has 6 heteroatoms. The zero-order valence-corrected chi connectivity index (χ0v) is 19.3. The Balaban J connectivity index is 1.87. The number of hydrogen-bond acceptors (Lipinski definition) is 3. The molecule has 166 valence electrons. The average Bonchev–Trinajstić information content (AvgIpc) is 2.91. The summed E-state index contributed by atoms with van der Waals surface area (Å²) in [5, 5.41) is 0. The van der Waals surface area contributed by atoms with E-state index in [1.165, 1.54) is 5.56 Å². The van der Waals surface area contributed by atoms with Crippen molar-refractivity contribution in [1.82, 2.24) is 14.7 Å². The lowest BCUT2D eigenvalue weighted by molar-refractivity contribution is -0.118. The fourth-order valence-electron chi connectivity index (χ4n) is 5.27. The molecule has 0 unspecified atom stereocenters. The smallest absolute Gasteiger partial charge is 0.321 e. The van der Waals surface area contributed by atoms with Gasteiger partial charge in [-0.25, -0.2) is 4.79 Å². The van der Waals surface area contributed by atoms with Gasteiger partial charge in [-0.2, -0.15) is 0 Å². The molecule has 0 aromatic heterocycles. The maximum Gasteiger partial charge on any atom is 0.321 e. The Kier molecular flexibility index (Phi) is 6.19. The van der Waals surface area contributed by atoms with Crippen molar-refractivity contribution in [1.29, 1.82) is 0 Å². The first-order valence-corrected chi connectivity index (χ1v) is 11.1. The van der Waals surface area contributed by atoms with Crippen LogP contribution in [0.4, 0.5) is 4.79 Å². The number of rotatable bonds is 6. The molecule has 1 spiro atoms. The topological polar surface area (TPSA) is 69.9 Å². The average molecular weight is 415 g/mol. The molecule has 1 saturated heterocycles. The maximum absolute atomic E-state index is 13.2. The summed E-state index contributed by atoms with van der Waals surface area (Å²) in [5.74, 6) is -0.445. The van der Waals surface area contributed by atoms with Crippen LogP contribution in [0.5, 0.6) is 0 Å². The van der Waals surface area contributed by atoms with E-state index >= 15 is 0 Å². The van der Waals surface area contributed by atoms with Crippen LogP contribution >= 0.6 is 0 Å². The summed E-state index contributed by atoms with van der Waals surface area (Å²) in [7, 11) is 4.31. The Morgan fingerprint density at radius 1 is 1.10 bits per heavy atom. The van der Waals surface area contributed by atoms with Gasteiger partial charge in [0.15, 0.2) is 0 Å². The van der Waals surface area contributed by atoms with Crippen LogP contribution in [0.15, 0.2) is 30.3 Å². The fourth-order valence-corrected chi connectivity index (χ4v) is 5.27. The van der Waals surface area contributed by atoms with Gasteiger partial charge in [0.05, 0.1) is 5.54 Å². The van der Waals surface area contributed by atoms with Gasteiger partial charge in [-0.1, -0.05) is 51.1 Å². The van der Waals surface area contributed by atoms with Crippen molar-refractivity contribution in [2.75, 3.05) is 33.7 Å². The third-order valence-corrected chi connectivity index (χ3v) is 7.17. The zero-order valence-electron chi connectivity index (χ0n) is 19.3. The quantitative estimate of drug-likeness (QED) is 0.775. The lowest BCUT2D eigenvalue weighted by atomic mass is 9.68. The SMILES string of the molecule is CN(C)C1(c2ccccc2)CCC2(CC1)CN(CC(N)=O)C(=O)N2CCC(C)(C)C. The molecule has 2 aliphatic rings. The molecule has 1 aromatic carbocycles. The molecular formula is C24H38N4O2. The molecule has 3 rings (SSSR count). The van der Waals surface area contributed by atoms with Crippen LogP contribution in [0.25, 0.3) is 0 Å². The van der Waals surface area contributed by atoms with Crippen molar-refractivity contribution in [2.45, 2.75) is 64.0 Å². The second-order valence-corrected chi connectivity index (χ2v) is 10.6. The van der Waals surface area contributed by atoms with Crippen molar-refractivity contribution in [2.24, 2.45) is 11.1 Å². The molecule has 1 heterocycles. The van der Waals surface area contributed by atoms with Gasteiger partial charge in [0.2, 0.25) is 5.91 Å². The molecule has 1 aliphatic heterocycles. The number of nitrogens with two attached hydrogens (primary N) is 1. The van der Waals surface area contributed by atoms with E-state index in [4.69, 9.17) is 5.73 Å². The predicted molar refractivity (Wildman–Crippen MR) is 120 cm³/mol. The Morgan fingerprint density at radius 2 is 1.70 bits per heavy atom. The van der Waals surface area contributed by atoms with E-state index in [1.54, 1.807) is 4.90 Å². The van der Waals surface area contributed by atoms with Gasteiger partial charge < -0.3 is 15.5 Å². The zero-order chi connectivity index (χ0) is 22.2. The van der Waals surface area contributed by atoms with Crippen LogP contribution in [0.1, 0.15) is 58.4 Å². The lowest BCUT2D eigenvalue weighted by Crippen LogP contribution is -2.55. The van der Waals surface area contributed by atoms with Crippen molar-refractivity contribution in [3.63, 3.8) is 0 Å². The Morgan fingerprint density at radius 3 is 2.20 bits per heavy atom. The monoisotopic (exact) mass is 414 g/mol. The molecule has 6 nitrogen and oxygen atoms in total. The minimum Gasteiger partial charge on any atom is -0.368 e. The second-order valence-electron chi connectivity index (χ2n) is 10.6. The van der Waals surface area contributed by atoms with Gasteiger partial charge in [-0.15, -0.1) is 0 Å². The normalized spacial score (nSPS) is 27.3. The van der Waals surface area contributed by atoms with Crippen LogP contribution in [-0.4, -0.2) is 65.9 Å². The highest BCUT2D eigenvalue weighted by atomic mass is 16.2. The highest BCUT2D eigenvalue weighted by Gasteiger charge is 2.54. The summed E-state index contributed by atoms with van der Waals surface area (Å²) in [5.41, 5.74) is 6.68. The van der Waals surface area contributed by atoms with Crippen LogP contribution in [0.3, 0.4) is 0 Å². The fraction of sp³-hybridized carbons (Fsp3) is 0.667. The van der Waals surface area contributed by atoms with Gasteiger partial charge >= 0.3 is 6.03 Å². The molecule has 0 bridgehead atoms. The summed E-state index contributed by atoms with van der Waals surface area (Å²) in [6.45, 7) is 7.93. The summed E-state index contributed by atoms with van der Waals surface area (Å²) in [6, 6.07) is 10.7. The van der Waals surface area contributed by atoms with Crippen LogP contribution in [0.2, 0.25) is 0 Å². The van der Waals surface area contributed by atoms with Gasteiger partial charge in [-0.05, 0) is 57.2 Å². The number of amides is 3. The summed E-state index contributed by atoms with van der Waals surface area (Å²) in [4.78, 5) is 30.9. The Bertz CT molecular complexity index is 761. The van der Waals surface area contributed by atoms with Gasteiger partial charge in [0.1, 0.15) is 6.54 Å². The molecular weight excluding hydrogens is 376 g/mol. The van der Waals surface area contributed by atoms with E-state index in [1.807, 2.05) is 0 Å². The summed E-state index contributed by atoms with van der Waals surface area (Å²) >= 11 is 0. The number of carbonyl (C=O) groups excluding carboxylic acids is 2. The third kappa shape index (κ3) is 4.34. The van der Waals surface area contributed by atoms with Crippen molar-refractivity contribution in [3.05, 3.63) is 35.9 Å². The lowest BCUT2D eigenvalue weighted by Gasteiger charge is -2.51. The first kappa shape index (κ1) is 22.6. The van der Waals surface area contributed by atoms with Crippen molar-refractivity contribution >= 4 is 11.9 Å². The number of primary amides is 1. The first-order chi connectivity index (χ1) is 14.0. The second kappa shape index (κ2) is 8.22. The molecule has 2 N–H and O–H groups in total. The number of urea groups is 1. The molecule has 3 amide bonds. The number of carbonyl (C=O) groups is 2. The van der Waals surface area contributed by atoms with E-state index < -0.39 is 5.91 Å². The van der Waals surface area contributed by atoms with Crippen LogP contribution in [-0.2, 0) is 10.3 Å². The summed E-state index contributed by atoms with van der Waals surface area (Å²) < 4.78 is 0. The van der Waals surface area contributed by atoms with Crippen molar-refractivity contribution < 1.29 is 9.59 Å².